The second-order valence-electron chi connectivity index (χ2n) is 2.08. The van der Waals surface area contributed by atoms with Crippen molar-refractivity contribution in [2.75, 3.05) is 12.0 Å². The summed E-state index contributed by atoms with van der Waals surface area (Å²) < 4.78 is 0. The fraction of sp³-hybridized carbons (Fsp3) is 0.667. The number of aliphatic carboxylic acids is 1. The number of nitrogens with one attached hydrogen (secondary N) is 1. The molecule has 0 saturated carbocycles. The predicted molar refractivity (Wildman–Crippen MR) is 40.3 cm³/mol. The number of carbonyl (C=O) groups excluding carboxylic acids is 2. The van der Waals surface area contributed by atoms with Crippen molar-refractivity contribution >= 4 is 23.8 Å². The number of carbonyl (C=O) groups is 2. The number of thioether (sulfide) groups is 1. The summed E-state index contributed by atoms with van der Waals surface area (Å²) >= 11 is 1.43. The van der Waals surface area contributed by atoms with Crippen LogP contribution in [0, 0.1) is 0 Å². The number of carboxylic acid groups (broad SMARTS) is 2. The summed E-state index contributed by atoms with van der Waals surface area (Å²) in [4.78, 5) is 20.2. The lowest BCUT2D eigenvalue weighted by molar-refractivity contribution is -0.310. The molecule has 0 aliphatic rings. The van der Waals surface area contributed by atoms with Gasteiger partial charge in [0, 0.05) is 0 Å². The van der Waals surface area contributed by atoms with Gasteiger partial charge in [0.15, 0.2) is 0 Å². The van der Waals surface area contributed by atoms with Crippen molar-refractivity contribution in [1.29, 1.82) is 0 Å². The lowest BCUT2D eigenvalue weighted by atomic mass is 10.2. The van der Waals surface area contributed by atoms with Gasteiger partial charge in [-0.3, -0.25) is 0 Å². The maximum atomic E-state index is 10.3. The highest BCUT2D eigenvalue weighted by Gasteiger charge is 2.07. The van der Waals surface area contributed by atoms with E-state index in [9.17, 15) is 19.8 Å². The van der Waals surface area contributed by atoms with Crippen LogP contribution in [-0.4, -0.2) is 30.1 Å². The largest absolute Gasteiger partial charge is 0.548 e. The van der Waals surface area contributed by atoms with E-state index in [2.05, 4.69) is 0 Å². The Morgan fingerprint density at radius 2 is 2.08 bits per heavy atom. The molecule has 0 rings (SSSR count). The van der Waals surface area contributed by atoms with Crippen molar-refractivity contribution in [2.45, 2.75) is 12.5 Å². The second-order valence-corrected chi connectivity index (χ2v) is 3.07. The summed E-state index contributed by atoms with van der Waals surface area (Å²) in [6, 6.07) is -1.16. The summed E-state index contributed by atoms with van der Waals surface area (Å²) in [6.45, 7) is 0. The molecule has 0 aliphatic heterocycles. The van der Waals surface area contributed by atoms with Crippen LogP contribution in [0.15, 0.2) is 0 Å². The van der Waals surface area contributed by atoms with E-state index in [4.69, 9.17) is 0 Å². The standard InChI is InChI=1S/C6H11NO4S/c1-12-3-2-4(5(8)9)7-6(10)11/h4,7H,2-3H2,1H3,(H,8,9)(H,10,11)/p-2. The van der Waals surface area contributed by atoms with Crippen LogP contribution in [0.25, 0.3) is 0 Å². The molecule has 0 radical (unpaired) electrons. The van der Waals surface area contributed by atoms with E-state index in [1.54, 1.807) is 11.6 Å². The first kappa shape index (κ1) is 11.1. The molecule has 1 amide bonds. The molecule has 0 fully saturated rings. The highest BCUT2D eigenvalue weighted by Crippen LogP contribution is 1.99. The van der Waals surface area contributed by atoms with Gasteiger partial charge in [-0.15, -0.1) is 0 Å². The van der Waals surface area contributed by atoms with E-state index in [-0.39, 0.29) is 6.42 Å². The molecule has 0 aromatic rings. The van der Waals surface area contributed by atoms with Crippen molar-refractivity contribution in [3.05, 3.63) is 0 Å². The summed E-state index contributed by atoms with van der Waals surface area (Å²) in [7, 11) is 0. The van der Waals surface area contributed by atoms with Crippen LogP contribution in [0.2, 0.25) is 0 Å². The number of hydrogen-bond acceptors (Lipinski definition) is 5. The van der Waals surface area contributed by atoms with Gasteiger partial charge in [0.1, 0.15) is 6.09 Å². The third-order valence-corrected chi connectivity index (χ3v) is 1.83. The average Bonchev–Trinajstić information content (AvgIpc) is 1.96. The predicted octanol–water partition coefficient (Wildman–Crippen LogP) is -2.21. The topological polar surface area (TPSA) is 92.3 Å². The third-order valence-electron chi connectivity index (χ3n) is 1.19. The zero-order chi connectivity index (χ0) is 9.56. The van der Waals surface area contributed by atoms with Crippen molar-refractivity contribution in [3.8, 4) is 0 Å². The lowest BCUT2D eigenvalue weighted by Crippen LogP contribution is -2.52. The van der Waals surface area contributed by atoms with Crippen LogP contribution >= 0.6 is 11.8 Å². The molecular weight excluding hydrogens is 182 g/mol. The van der Waals surface area contributed by atoms with Crippen molar-refractivity contribution in [1.82, 2.24) is 5.32 Å². The maximum Gasteiger partial charge on any atom is 0.134 e. The first-order chi connectivity index (χ1) is 5.57. The van der Waals surface area contributed by atoms with E-state index in [0.29, 0.717) is 5.75 Å². The second kappa shape index (κ2) is 5.70. The first-order valence-corrected chi connectivity index (χ1v) is 4.64. The van der Waals surface area contributed by atoms with E-state index in [1.807, 2.05) is 0 Å². The molecule has 6 heteroatoms. The van der Waals surface area contributed by atoms with Gasteiger partial charge in [-0.2, -0.15) is 11.8 Å². The molecular formula is C6H9NO4S-2. The smallest absolute Gasteiger partial charge is 0.134 e. The molecule has 12 heavy (non-hydrogen) atoms. The number of carboxylic acids is 1. The van der Waals surface area contributed by atoms with Gasteiger partial charge in [0.05, 0.1) is 12.0 Å². The van der Waals surface area contributed by atoms with Gasteiger partial charge in [0.2, 0.25) is 0 Å². The SMILES string of the molecule is CSCCC(NC(=O)[O-])C(=O)[O-]. The Kier molecular flexibility index (Phi) is 5.27. The molecule has 1 unspecified atom stereocenters. The van der Waals surface area contributed by atoms with E-state index < -0.39 is 18.1 Å². The van der Waals surface area contributed by atoms with E-state index >= 15 is 0 Å². The summed E-state index contributed by atoms with van der Waals surface area (Å²) in [6.07, 6.45) is 0.411. The van der Waals surface area contributed by atoms with Crippen LogP contribution in [-0.2, 0) is 4.79 Å². The molecule has 70 valence electrons. The quantitative estimate of drug-likeness (QED) is 0.532. The Morgan fingerprint density at radius 1 is 1.50 bits per heavy atom. The van der Waals surface area contributed by atoms with Crippen LogP contribution in [0.3, 0.4) is 0 Å². The van der Waals surface area contributed by atoms with Crippen LogP contribution in [0.5, 0.6) is 0 Å². The zero-order valence-electron chi connectivity index (χ0n) is 6.53. The maximum absolute atomic E-state index is 10.3. The van der Waals surface area contributed by atoms with Crippen LogP contribution < -0.4 is 15.5 Å². The minimum atomic E-state index is -1.59. The summed E-state index contributed by atoms with van der Waals surface area (Å²) in [5.41, 5.74) is 0. The van der Waals surface area contributed by atoms with Gasteiger partial charge in [0.25, 0.3) is 0 Å². The Balaban J connectivity index is 3.87. The average molecular weight is 191 g/mol. The fourth-order valence-electron chi connectivity index (χ4n) is 0.627. The normalized spacial score (nSPS) is 12.1. The molecule has 0 aliphatic carbocycles. The summed E-state index contributed by atoms with van der Waals surface area (Å²) in [5, 5.41) is 22.0. The lowest BCUT2D eigenvalue weighted by Gasteiger charge is -2.20. The van der Waals surface area contributed by atoms with Gasteiger partial charge in [-0.25, -0.2) is 0 Å². The van der Waals surface area contributed by atoms with Crippen LogP contribution in [0.1, 0.15) is 6.42 Å². The van der Waals surface area contributed by atoms with Gasteiger partial charge in [-0.1, -0.05) is 0 Å². The minimum absolute atomic E-state index is 0.206. The van der Waals surface area contributed by atoms with Gasteiger partial charge in [-0.05, 0) is 18.4 Å². The first-order valence-electron chi connectivity index (χ1n) is 3.25. The third kappa shape index (κ3) is 4.84. The molecule has 1 atom stereocenters. The number of hydrogen-bond donors (Lipinski definition) is 1. The molecule has 0 spiro atoms. The Hall–Kier alpha value is -0.910. The Morgan fingerprint density at radius 3 is 2.42 bits per heavy atom. The monoisotopic (exact) mass is 191 g/mol. The number of rotatable bonds is 5. The van der Waals surface area contributed by atoms with Crippen molar-refractivity contribution in [2.24, 2.45) is 0 Å². The van der Waals surface area contributed by atoms with Crippen LogP contribution in [0.4, 0.5) is 4.79 Å². The molecule has 1 N–H and O–H groups in total. The van der Waals surface area contributed by atoms with E-state index in [0.717, 1.165) is 0 Å². The van der Waals surface area contributed by atoms with Crippen molar-refractivity contribution in [3.63, 3.8) is 0 Å². The van der Waals surface area contributed by atoms with Gasteiger partial charge < -0.3 is 25.1 Å². The van der Waals surface area contributed by atoms with Gasteiger partial charge >= 0.3 is 0 Å². The molecule has 0 saturated heterocycles. The molecule has 0 aromatic carbocycles. The molecule has 5 nitrogen and oxygen atoms in total. The molecule has 0 bridgehead atoms. The molecule has 0 aromatic heterocycles. The minimum Gasteiger partial charge on any atom is -0.548 e. The summed E-state index contributed by atoms with van der Waals surface area (Å²) in [5.74, 6) is -0.868. The Bertz CT molecular complexity index is 173. The zero-order valence-corrected chi connectivity index (χ0v) is 7.35. The highest BCUT2D eigenvalue weighted by molar-refractivity contribution is 7.98. The van der Waals surface area contributed by atoms with E-state index in [1.165, 1.54) is 11.8 Å². The fourth-order valence-corrected chi connectivity index (χ4v) is 1.10. The Labute approximate surface area is 74.1 Å². The van der Waals surface area contributed by atoms with Crippen molar-refractivity contribution < 1.29 is 19.8 Å². The molecule has 0 heterocycles. The highest BCUT2D eigenvalue weighted by atomic mass is 32.2. The number of amides is 1.